The lowest BCUT2D eigenvalue weighted by Crippen LogP contribution is -2.41. The van der Waals surface area contributed by atoms with Crippen LogP contribution >= 0.6 is 11.6 Å². The van der Waals surface area contributed by atoms with E-state index in [0.717, 1.165) is 0 Å². The molecule has 29 heavy (non-hydrogen) atoms. The van der Waals surface area contributed by atoms with Crippen LogP contribution in [0.3, 0.4) is 0 Å². The van der Waals surface area contributed by atoms with E-state index in [1.165, 1.54) is 0 Å². The van der Waals surface area contributed by atoms with Gasteiger partial charge in [0.15, 0.2) is 0 Å². The second-order valence-electron chi connectivity index (χ2n) is 9.01. The van der Waals surface area contributed by atoms with Gasteiger partial charge in [-0.1, -0.05) is 17.7 Å². The summed E-state index contributed by atoms with van der Waals surface area (Å²) in [5.74, 6) is 0. The van der Waals surface area contributed by atoms with E-state index in [0.29, 0.717) is 21.6 Å². The van der Waals surface area contributed by atoms with E-state index in [4.69, 9.17) is 25.6 Å². The molecule has 6 nitrogen and oxygen atoms in total. The number of amides is 1. The fraction of sp³-hybridized carbons (Fsp3) is 0.524. The van der Waals surface area contributed by atoms with E-state index in [1.54, 1.807) is 45.0 Å². The highest BCUT2D eigenvalue weighted by Gasteiger charge is 2.52. The maximum Gasteiger partial charge on any atom is 0.492 e. The molecular weight excluding hydrogens is 391 g/mol. The van der Waals surface area contributed by atoms with Crippen LogP contribution in [-0.4, -0.2) is 36.6 Å². The smallest absolute Gasteiger partial charge is 0.444 e. The standard InChI is InChI=1S/C21H28BClN2O4/c1-19(2,3)27-18(26)25-13-16(22-28-20(4,5)21(6,7)29-22)11-15-10-14(12-24)8-9-17(15)23/h8-11H,13H2,1-7H3,(H,25,26). The molecule has 1 aromatic rings. The molecule has 0 bridgehead atoms. The third kappa shape index (κ3) is 5.99. The molecule has 0 aromatic heterocycles. The number of nitriles is 1. The van der Waals surface area contributed by atoms with Gasteiger partial charge in [0, 0.05) is 11.6 Å². The van der Waals surface area contributed by atoms with Gasteiger partial charge in [-0.15, -0.1) is 0 Å². The van der Waals surface area contributed by atoms with Gasteiger partial charge in [0.25, 0.3) is 0 Å². The Labute approximate surface area is 178 Å². The van der Waals surface area contributed by atoms with Crippen molar-refractivity contribution in [2.75, 3.05) is 6.54 Å². The predicted octanol–water partition coefficient (Wildman–Crippen LogP) is 4.75. The van der Waals surface area contributed by atoms with Gasteiger partial charge in [0.2, 0.25) is 0 Å². The summed E-state index contributed by atoms with van der Waals surface area (Å²) in [7, 11) is -0.684. The summed E-state index contributed by atoms with van der Waals surface area (Å²) in [4.78, 5) is 12.1. The lowest BCUT2D eigenvalue weighted by Gasteiger charge is -2.32. The topological polar surface area (TPSA) is 80.6 Å². The van der Waals surface area contributed by atoms with Crippen LogP contribution in [0.2, 0.25) is 5.02 Å². The van der Waals surface area contributed by atoms with Gasteiger partial charge < -0.3 is 19.4 Å². The Morgan fingerprint density at radius 1 is 1.28 bits per heavy atom. The first kappa shape index (κ1) is 23.3. The van der Waals surface area contributed by atoms with Gasteiger partial charge in [-0.25, -0.2) is 4.79 Å². The third-order valence-electron chi connectivity index (χ3n) is 4.86. The normalized spacial score (nSPS) is 18.3. The summed E-state index contributed by atoms with van der Waals surface area (Å²) in [5, 5.41) is 12.4. The number of halogens is 1. The molecule has 1 amide bonds. The number of nitrogens with zero attached hydrogens (tertiary/aromatic N) is 1. The van der Waals surface area contributed by atoms with Crippen molar-refractivity contribution in [2.24, 2.45) is 0 Å². The number of rotatable bonds is 4. The number of ether oxygens (including phenoxy) is 1. The van der Waals surface area contributed by atoms with Crippen LogP contribution < -0.4 is 5.32 Å². The van der Waals surface area contributed by atoms with E-state index in [9.17, 15) is 10.1 Å². The third-order valence-corrected chi connectivity index (χ3v) is 5.20. The van der Waals surface area contributed by atoms with Gasteiger partial charge in [-0.2, -0.15) is 5.26 Å². The van der Waals surface area contributed by atoms with Gasteiger partial charge in [-0.3, -0.25) is 0 Å². The Morgan fingerprint density at radius 3 is 2.38 bits per heavy atom. The number of hydrogen-bond donors (Lipinski definition) is 1. The largest absolute Gasteiger partial charge is 0.492 e. The molecule has 8 heteroatoms. The molecule has 0 atom stereocenters. The lowest BCUT2D eigenvalue weighted by atomic mass is 9.77. The van der Waals surface area contributed by atoms with E-state index in [-0.39, 0.29) is 6.54 Å². The first-order valence-electron chi connectivity index (χ1n) is 9.47. The van der Waals surface area contributed by atoms with Crippen LogP contribution in [0.1, 0.15) is 59.6 Å². The van der Waals surface area contributed by atoms with Crippen molar-refractivity contribution < 1.29 is 18.8 Å². The fourth-order valence-electron chi connectivity index (χ4n) is 2.61. The Hall–Kier alpha value is -2.01. The van der Waals surface area contributed by atoms with E-state index in [2.05, 4.69) is 11.4 Å². The zero-order valence-electron chi connectivity index (χ0n) is 18.1. The van der Waals surface area contributed by atoms with Crippen LogP contribution in [0, 0.1) is 11.3 Å². The molecule has 1 heterocycles. The summed E-state index contributed by atoms with van der Waals surface area (Å²) in [5.41, 5.74) is 0.0898. The van der Waals surface area contributed by atoms with Crippen LogP contribution in [0.5, 0.6) is 0 Å². The second-order valence-corrected chi connectivity index (χ2v) is 9.42. The Kier molecular flexibility index (Phi) is 6.73. The summed E-state index contributed by atoms with van der Waals surface area (Å²) in [6.45, 7) is 13.3. The summed E-state index contributed by atoms with van der Waals surface area (Å²) < 4.78 is 17.6. The first-order chi connectivity index (χ1) is 13.2. The molecule has 1 aliphatic heterocycles. The van der Waals surface area contributed by atoms with Crippen LogP contribution in [0.25, 0.3) is 6.08 Å². The molecular formula is C21H28BClN2O4. The predicted molar refractivity (Wildman–Crippen MR) is 114 cm³/mol. The van der Waals surface area contributed by atoms with Crippen LogP contribution in [0.4, 0.5) is 4.79 Å². The number of nitrogens with one attached hydrogen (secondary N) is 1. The number of hydrogen-bond acceptors (Lipinski definition) is 5. The van der Waals surface area contributed by atoms with Gasteiger partial charge in [-0.05, 0) is 77.7 Å². The highest BCUT2D eigenvalue weighted by atomic mass is 35.5. The van der Waals surface area contributed by atoms with E-state index < -0.39 is 30.0 Å². The molecule has 156 valence electrons. The zero-order valence-corrected chi connectivity index (χ0v) is 18.8. The highest BCUT2D eigenvalue weighted by molar-refractivity contribution is 6.56. The Balaban J connectivity index is 2.34. The average molecular weight is 419 g/mol. The summed E-state index contributed by atoms with van der Waals surface area (Å²) in [6, 6.07) is 7.09. The number of carbonyl (C=O) groups is 1. The van der Waals surface area contributed by atoms with E-state index >= 15 is 0 Å². The maximum atomic E-state index is 12.1. The Morgan fingerprint density at radius 2 is 1.86 bits per heavy atom. The minimum Gasteiger partial charge on any atom is -0.444 e. The average Bonchev–Trinajstić information content (AvgIpc) is 2.79. The molecule has 1 N–H and O–H groups in total. The molecule has 1 aromatic carbocycles. The van der Waals surface area contributed by atoms with Crippen molar-refractivity contribution in [1.29, 1.82) is 5.26 Å². The van der Waals surface area contributed by atoms with Crippen LogP contribution in [0.15, 0.2) is 23.7 Å². The first-order valence-corrected chi connectivity index (χ1v) is 9.84. The second kappa shape index (κ2) is 8.39. The van der Waals surface area contributed by atoms with Crippen molar-refractivity contribution in [3.8, 4) is 6.07 Å². The molecule has 2 rings (SSSR count). The van der Waals surface area contributed by atoms with Crippen molar-refractivity contribution in [1.82, 2.24) is 5.32 Å². The summed E-state index contributed by atoms with van der Waals surface area (Å²) in [6.07, 6.45) is 1.24. The monoisotopic (exact) mass is 418 g/mol. The fourth-order valence-corrected chi connectivity index (χ4v) is 2.78. The SMILES string of the molecule is CC(C)(C)OC(=O)NCC(=Cc1cc(C#N)ccc1Cl)B1OC(C)(C)C(C)(C)O1. The maximum absolute atomic E-state index is 12.1. The number of alkyl carbamates (subject to hydrolysis) is 1. The van der Waals surface area contributed by atoms with Gasteiger partial charge in [0.05, 0.1) is 22.8 Å². The van der Waals surface area contributed by atoms with Crippen LogP contribution in [-0.2, 0) is 14.0 Å². The molecule has 1 aliphatic rings. The zero-order chi connectivity index (χ0) is 22.0. The molecule has 1 fully saturated rings. The number of benzene rings is 1. The quantitative estimate of drug-likeness (QED) is 0.714. The Bertz CT molecular complexity index is 837. The van der Waals surface area contributed by atoms with Crippen molar-refractivity contribution >= 4 is 30.9 Å². The minimum atomic E-state index is -0.684. The van der Waals surface area contributed by atoms with Crippen molar-refractivity contribution in [2.45, 2.75) is 65.3 Å². The lowest BCUT2D eigenvalue weighted by molar-refractivity contribution is 0.00578. The van der Waals surface area contributed by atoms with E-state index in [1.807, 2.05) is 27.7 Å². The summed E-state index contributed by atoms with van der Waals surface area (Å²) >= 11 is 6.32. The van der Waals surface area contributed by atoms with Gasteiger partial charge >= 0.3 is 13.2 Å². The minimum absolute atomic E-state index is 0.138. The van der Waals surface area contributed by atoms with Crippen molar-refractivity contribution in [3.63, 3.8) is 0 Å². The molecule has 0 radical (unpaired) electrons. The molecule has 0 aliphatic carbocycles. The molecule has 0 unspecified atom stereocenters. The molecule has 1 saturated heterocycles. The van der Waals surface area contributed by atoms with Crippen molar-refractivity contribution in [3.05, 3.63) is 39.8 Å². The van der Waals surface area contributed by atoms with Gasteiger partial charge in [0.1, 0.15) is 5.60 Å². The molecule has 0 spiro atoms. The molecule has 0 saturated carbocycles. The number of carbonyl (C=O) groups excluding carboxylic acids is 1. The highest BCUT2D eigenvalue weighted by Crippen LogP contribution is 2.39.